The van der Waals surface area contributed by atoms with Crippen LogP contribution in [-0.4, -0.2) is 20.7 Å². The summed E-state index contributed by atoms with van der Waals surface area (Å²) in [5.41, 5.74) is 1.58. The molecule has 2 heterocycles. The number of halogens is 1. The Hall–Kier alpha value is -1.56. The number of aryl methyl sites for hydroxylation is 2. The first-order chi connectivity index (χ1) is 8.10. The van der Waals surface area contributed by atoms with Crippen LogP contribution in [-0.2, 0) is 13.5 Å². The second kappa shape index (κ2) is 4.75. The number of rotatable bonds is 3. The van der Waals surface area contributed by atoms with Crippen LogP contribution in [0.4, 0.5) is 5.82 Å². The maximum Gasteiger partial charge on any atom is 0.273 e. The molecule has 0 spiro atoms. The summed E-state index contributed by atoms with van der Waals surface area (Å²) in [6.07, 6.45) is 2.69. The number of aromatic nitrogens is 3. The predicted octanol–water partition coefficient (Wildman–Crippen LogP) is 2.33. The smallest absolute Gasteiger partial charge is 0.273 e. The number of H-pyrrole nitrogens is 1. The third-order valence-electron chi connectivity index (χ3n) is 2.46. The largest absolute Gasteiger partial charge is 0.345 e. The van der Waals surface area contributed by atoms with Gasteiger partial charge in [0, 0.05) is 29.5 Å². The summed E-state index contributed by atoms with van der Waals surface area (Å²) in [5, 5.41) is 9.61. The summed E-state index contributed by atoms with van der Waals surface area (Å²) in [7, 11) is 1.82. The van der Waals surface area contributed by atoms with E-state index in [-0.39, 0.29) is 5.91 Å². The van der Waals surface area contributed by atoms with Gasteiger partial charge in [0.2, 0.25) is 0 Å². The van der Waals surface area contributed by atoms with Gasteiger partial charge in [-0.3, -0.25) is 9.89 Å². The van der Waals surface area contributed by atoms with Crippen LogP contribution < -0.4 is 5.32 Å². The molecule has 6 heteroatoms. The van der Waals surface area contributed by atoms with Crippen LogP contribution in [0.2, 0.25) is 0 Å². The standard InChI is InChI=1S/C11H13BrN4O/c1-3-8-5-10(15-14-8)13-11(17)9-4-7(12)6-16(9)2/h4-6H,3H2,1-2H3,(H2,13,14,15,17). The topological polar surface area (TPSA) is 62.7 Å². The Labute approximate surface area is 107 Å². The lowest BCUT2D eigenvalue weighted by Gasteiger charge is -2.02. The van der Waals surface area contributed by atoms with Crippen molar-refractivity contribution in [2.75, 3.05) is 5.32 Å². The second-order valence-electron chi connectivity index (χ2n) is 3.74. The lowest BCUT2D eigenvalue weighted by atomic mass is 10.3. The van der Waals surface area contributed by atoms with Gasteiger partial charge in [-0.15, -0.1) is 0 Å². The number of amides is 1. The first-order valence-electron chi connectivity index (χ1n) is 5.27. The van der Waals surface area contributed by atoms with E-state index in [9.17, 15) is 4.79 Å². The molecular weight excluding hydrogens is 284 g/mol. The molecule has 0 aliphatic rings. The molecule has 0 atom stereocenters. The quantitative estimate of drug-likeness (QED) is 0.913. The number of anilines is 1. The molecule has 0 aliphatic carbocycles. The summed E-state index contributed by atoms with van der Waals surface area (Å²) in [6, 6.07) is 3.60. The van der Waals surface area contributed by atoms with E-state index in [1.807, 2.05) is 26.2 Å². The molecule has 0 bridgehead atoms. The van der Waals surface area contributed by atoms with Crippen molar-refractivity contribution in [3.8, 4) is 0 Å². The molecule has 17 heavy (non-hydrogen) atoms. The van der Waals surface area contributed by atoms with Crippen molar-refractivity contribution in [1.29, 1.82) is 0 Å². The van der Waals surface area contributed by atoms with Crippen molar-refractivity contribution < 1.29 is 4.79 Å². The van der Waals surface area contributed by atoms with Gasteiger partial charge in [-0.2, -0.15) is 5.10 Å². The second-order valence-corrected chi connectivity index (χ2v) is 4.66. The maximum atomic E-state index is 11.9. The fourth-order valence-corrected chi connectivity index (χ4v) is 2.06. The summed E-state index contributed by atoms with van der Waals surface area (Å²) in [6.45, 7) is 2.02. The van der Waals surface area contributed by atoms with Crippen LogP contribution in [0.25, 0.3) is 0 Å². The van der Waals surface area contributed by atoms with E-state index in [0.29, 0.717) is 11.5 Å². The molecule has 0 saturated heterocycles. The van der Waals surface area contributed by atoms with Gasteiger partial charge >= 0.3 is 0 Å². The van der Waals surface area contributed by atoms with Gasteiger partial charge in [0.1, 0.15) is 5.69 Å². The van der Waals surface area contributed by atoms with Gasteiger partial charge < -0.3 is 9.88 Å². The highest BCUT2D eigenvalue weighted by atomic mass is 79.9. The summed E-state index contributed by atoms with van der Waals surface area (Å²) in [5.74, 6) is 0.372. The van der Waals surface area contributed by atoms with Crippen LogP contribution >= 0.6 is 15.9 Å². The number of nitrogens with one attached hydrogen (secondary N) is 2. The Morgan fingerprint density at radius 3 is 2.88 bits per heavy atom. The van der Waals surface area contributed by atoms with E-state index < -0.39 is 0 Å². The van der Waals surface area contributed by atoms with Crippen molar-refractivity contribution in [3.63, 3.8) is 0 Å². The van der Waals surface area contributed by atoms with E-state index in [0.717, 1.165) is 16.6 Å². The number of hydrogen-bond acceptors (Lipinski definition) is 2. The molecule has 1 amide bonds. The third kappa shape index (κ3) is 2.58. The van der Waals surface area contributed by atoms with Gasteiger partial charge in [-0.25, -0.2) is 0 Å². The highest BCUT2D eigenvalue weighted by Gasteiger charge is 2.12. The number of aromatic amines is 1. The maximum absolute atomic E-state index is 11.9. The molecule has 0 fully saturated rings. The Balaban J connectivity index is 2.14. The Kier molecular flexibility index (Phi) is 3.33. The van der Waals surface area contributed by atoms with Gasteiger partial charge in [0.15, 0.2) is 5.82 Å². The van der Waals surface area contributed by atoms with Gasteiger partial charge in [-0.1, -0.05) is 6.92 Å². The average Bonchev–Trinajstić information content (AvgIpc) is 2.85. The Morgan fingerprint density at radius 1 is 1.59 bits per heavy atom. The van der Waals surface area contributed by atoms with Gasteiger partial charge in [0.05, 0.1) is 0 Å². The molecule has 0 radical (unpaired) electrons. The average molecular weight is 297 g/mol. The molecule has 90 valence electrons. The lowest BCUT2D eigenvalue weighted by Crippen LogP contribution is -2.15. The zero-order valence-corrected chi connectivity index (χ0v) is 11.2. The minimum absolute atomic E-state index is 0.174. The third-order valence-corrected chi connectivity index (χ3v) is 2.89. The van der Waals surface area contributed by atoms with Crippen LogP contribution in [0.5, 0.6) is 0 Å². The highest BCUT2D eigenvalue weighted by molar-refractivity contribution is 9.10. The van der Waals surface area contributed by atoms with Crippen LogP contribution in [0.15, 0.2) is 22.8 Å². The minimum Gasteiger partial charge on any atom is -0.345 e. The summed E-state index contributed by atoms with van der Waals surface area (Å²) in [4.78, 5) is 11.9. The van der Waals surface area contributed by atoms with Gasteiger partial charge in [0.25, 0.3) is 5.91 Å². The molecule has 2 aromatic rings. The van der Waals surface area contributed by atoms with Crippen LogP contribution in [0.3, 0.4) is 0 Å². The number of hydrogen-bond donors (Lipinski definition) is 2. The summed E-state index contributed by atoms with van der Waals surface area (Å²) >= 11 is 3.33. The first kappa shape index (κ1) is 11.9. The number of nitrogens with zero attached hydrogens (tertiary/aromatic N) is 2. The molecule has 2 N–H and O–H groups in total. The van der Waals surface area contributed by atoms with E-state index >= 15 is 0 Å². The van der Waals surface area contributed by atoms with E-state index in [2.05, 4.69) is 31.4 Å². The molecule has 0 saturated carbocycles. The molecule has 2 aromatic heterocycles. The van der Waals surface area contributed by atoms with E-state index in [1.54, 1.807) is 10.6 Å². The number of carbonyl (C=O) groups is 1. The Bertz CT molecular complexity index is 543. The SMILES string of the molecule is CCc1cc(NC(=O)c2cc(Br)cn2C)n[nH]1. The van der Waals surface area contributed by atoms with Crippen molar-refractivity contribution in [3.05, 3.63) is 34.2 Å². The fourth-order valence-electron chi connectivity index (χ4n) is 1.54. The molecule has 2 rings (SSSR count). The molecule has 0 aliphatic heterocycles. The highest BCUT2D eigenvalue weighted by Crippen LogP contribution is 2.15. The van der Waals surface area contributed by atoms with Gasteiger partial charge in [-0.05, 0) is 28.4 Å². The molecular formula is C11H13BrN4O. The zero-order valence-electron chi connectivity index (χ0n) is 9.62. The normalized spacial score (nSPS) is 10.5. The molecule has 0 unspecified atom stereocenters. The van der Waals surface area contributed by atoms with Crippen molar-refractivity contribution in [2.24, 2.45) is 7.05 Å². The minimum atomic E-state index is -0.174. The lowest BCUT2D eigenvalue weighted by molar-refractivity contribution is 0.101. The number of carbonyl (C=O) groups excluding carboxylic acids is 1. The van der Waals surface area contributed by atoms with Crippen molar-refractivity contribution in [2.45, 2.75) is 13.3 Å². The predicted molar refractivity (Wildman–Crippen MR) is 69.0 cm³/mol. The zero-order chi connectivity index (χ0) is 12.4. The fraction of sp³-hybridized carbons (Fsp3) is 0.273. The monoisotopic (exact) mass is 296 g/mol. The van der Waals surface area contributed by atoms with Crippen molar-refractivity contribution >= 4 is 27.7 Å². The van der Waals surface area contributed by atoms with Crippen LogP contribution in [0.1, 0.15) is 23.1 Å². The van der Waals surface area contributed by atoms with Crippen LogP contribution in [0, 0.1) is 0 Å². The molecule has 0 aromatic carbocycles. The summed E-state index contributed by atoms with van der Waals surface area (Å²) < 4.78 is 2.63. The van der Waals surface area contributed by atoms with Crippen molar-refractivity contribution in [1.82, 2.24) is 14.8 Å². The Morgan fingerprint density at radius 2 is 2.35 bits per heavy atom. The molecule has 5 nitrogen and oxygen atoms in total. The first-order valence-corrected chi connectivity index (χ1v) is 6.07. The van der Waals surface area contributed by atoms with E-state index in [1.165, 1.54) is 0 Å². The van der Waals surface area contributed by atoms with E-state index in [4.69, 9.17) is 0 Å².